The minimum Gasteiger partial charge on any atom is -0.496 e. The highest BCUT2D eigenvalue weighted by Gasteiger charge is 2.17. The van der Waals surface area contributed by atoms with Crippen molar-refractivity contribution in [2.45, 2.75) is 32.7 Å². The number of nitrogens with one attached hydrogen (secondary N) is 1. The Morgan fingerprint density at radius 1 is 1.30 bits per heavy atom. The molecule has 108 valence electrons. The average Bonchev–Trinajstić information content (AvgIpc) is 2.93. The SMILES string of the molecule is CCc1ccsc1C(Cc1cc(C)ccc1OC)NN. The zero-order valence-electron chi connectivity index (χ0n) is 12.3. The summed E-state index contributed by atoms with van der Waals surface area (Å²) in [6, 6.07) is 8.56. The van der Waals surface area contributed by atoms with Crippen molar-refractivity contribution < 1.29 is 4.74 Å². The molecular weight excluding hydrogens is 268 g/mol. The molecule has 0 aliphatic heterocycles. The van der Waals surface area contributed by atoms with Crippen molar-refractivity contribution >= 4 is 11.3 Å². The molecule has 1 aromatic carbocycles. The molecule has 0 saturated carbocycles. The number of hydrogen-bond acceptors (Lipinski definition) is 4. The van der Waals surface area contributed by atoms with Crippen molar-refractivity contribution in [2.75, 3.05) is 7.11 Å². The van der Waals surface area contributed by atoms with Crippen LogP contribution in [0.3, 0.4) is 0 Å². The highest BCUT2D eigenvalue weighted by atomic mass is 32.1. The van der Waals surface area contributed by atoms with Crippen molar-refractivity contribution in [3.63, 3.8) is 0 Å². The number of hydrogen-bond donors (Lipinski definition) is 2. The molecule has 3 nitrogen and oxygen atoms in total. The Morgan fingerprint density at radius 2 is 2.10 bits per heavy atom. The third kappa shape index (κ3) is 3.20. The quantitative estimate of drug-likeness (QED) is 0.633. The van der Waals surface area contributed by atoms with Gasteiger partial charge in [0.1, 0.15) is 5.75 Å². The van der Waals surface area contributed by atoms with Crippen LogP contribution in [-0.2, 0) is 12.8 Å². The number of rotatable bonds is 6. The lowest BCUT2D eigenvalue weighted by atomic mass is 9.99. The van der Waals surface area contributed by atoms with Gasteiger partial charge in [-0.3, -0.25) is 11.3 Å². The summed E-state index contributed by atoms with van der Waals surface area (Å²) in [6.07, 6.45) is 1.86. The smallest absolute Gasteiger partial charge is 0.122 e. The molecule has 0 aliphatic rings. The number of hydrazine groups is 1. The molecule has 0 saturated heterocycles. The van der Waals surface area contributed by atoms with E-state index in [2.05, 4.69) is 42.9 Å². The summed E-state index contributed by atoms with van der Waals surface area (Å²) in [5.74, 6) is 6.70. The minimum atomic E-state index is 0.126. The molecule has 3 N–H and O–H groups in total. The molecule has 0 amide bonds. The normalized spacial score (nSPS) is 12.4. The highest BCUT2D eigenvalue weighted by molar-refractivity contribution is 7.10. The minimum absolute atomic E-state index is 0.126. The first-order chi connectivity index (χ1) is 9.69. The standard InChI is InChI=1S/C16H22N2OS/c1-4-12-7-8-20-16(12)14(18-17)10-13-9-11(2)5-6-15(13)19-3/h5-9,14,18H,4,10,17H2,1-3H3. The van der Waals surface area contributed by atoms with Crippen LogP contribution in [0.1, 0.15) is 34.5 Å². The first kappa shape index (κ1) is 15.0. The molecule has 2 aromatic rings. The molecule has 0 spiro atoms. The lowest BCUT2D eigenvalue weighted by Crippen LogP contribution is -2.29. The van der Waals surface area contributed by atoms with Gasteiger partial charge in [0.05, 0.1) is 13.2 Å². The van der Waals surface area contributed by atoms with E-state index in [4.69, 9.17) is 10.6 Å². The molecule has 0 aliphatic carbocycles. The second-order valence-corrected chi connectivity index (χ2v) is 5.85. The van der Waals surface area contributed by atoms with E-state index in [9.17, 15) is 0 Å². The Bertz CT molecular complexity index is 565. The Balaban J connectivity index is 2.29. The zero-order chi connectivity index (χ0) is 14.5. The van der Waals surface area contributed by atoms with E-state index >= 15 is 0 Å². The number of benzene rings is 1. The summed E-state index contributed by atoms with van der Waals surface area (Å²) in [6.45, 7) is 4.27. The predicted molar refractivity (Wildman–Crippen MR) is 85.2 cm³/mol. The number of methoxy groups -OCH3 is 1. The number of aryl methyl sites for hydroxylation is 2. The van der Waals surface area contributed by atoms with Crippen molar-refractivity contribution in [1.29, 1.82) is 0 Å². The van der Waals surface area contributed by atoms with Crippen LogP contribution in [0.15, 0.2) is 29.6 Å². The van der Waals surface area contributed by atoms with E-state index in [1.807, 2.05) is 6.07 Å². The zero-order valence-corrected chi connectivity index (χ0v) is 13.1. The van der Waals surface area contributed by atoms with Crippen LogP contribution in [0.25, 0.3) is 0 Å². The van der Waals surface area contributed by atoms with Crippen LogP contribution in [0, 0.1) is 6.92 Å². The summed E-state index contributed by atoms with van der Waals surface area (Å²) in [7, 11) is 1.71. The fourth-order valence-electron chi connectivity index (χ4n) is 2.46. The van der Waals surface area contributed by atoms with Gasteiger partial charge in [0.2, 0.25) is 0 Å². The van der Waals surface area contributed by atoms with Crippen molar-refractivity contribution in [2.24, 2.45) is 5.84 Å². The molecule has 20 heavy (non-hydrogen) atoms. The first-order valence-electron chi connectivity index (χ1n) is 6.85. The van der Waals surface area contributed by atoms with Crippen molar-refractivity contribution in [3.8, 4) is 5.75 Å². The Morgan fingerprint density at radius 3 is 2.75 bits per heavy atom. The van der Waals surface area contributed by atoms with Gasteiger partial charge in [0.15, 0.2) is 0 Å². The molecule has 1 heterocycles. The van der Waals surface area contributed by atoms with E-state index in [0.29, 0.717) is 0 Å². The fourth-order valence-corrected chi connectivity index (χ4v) is 3.52. The second-order valence-electron chi connectivity index (χ2n) is 4.90. The summed E-state index contributed by atoms with van der Waals surface area (Å²) < 4.78 is 5.45. The number of nitrogens with two attached hydrogens (primary N) is 1. The Hall–Kier alpha value is -1.36. The monoisotopic (exact) mass is 290 g/mol. The lowest BCUT2D eigenvalue weighted by Gasteiger charge is -2.18. The molecule has 2 rings (SSSR count). The topological polar surface area (TPSA) is 47.3 Å². The maximum atomic E-state index is 5.78. The van der Waals surface area contributed by atoms with Gasteiger partial charge in [0.25, 0.3) is 0 Å². The Labute approximate surface area is 124 Å². The Kier molecular flexibility index (Phi) is 5.17. The summed E-state index contributed by atoms with van der Waals surface area (Å²) >= 11 is 1.76. The van der Waals surface area contributed by atoms with Crippen LogP contribution in [0.2, 0.25) is 0 Å². The van der Waals surface area contributed by atoms with Gasteiger partial charge in [-0.25, -0.2) is 0 Å². The van der Waals surface area contributed by atoms with E-state index in [-0.39, 0.29) is 6.04 Å². The number of thiophene rings is 1. The van der Waals surface area contributed by atoms with E-state index in [1.54, 1.807) is 18.4 Å². The van der Waals surface area contributed by atoms with Crippen LogP contribution in [0.5, 0.6) is 5.75 Å². The third-order valence-electron chi connectivity index (χ3n) is 3.54. The first-order valence-corrected chi connectivity index (χ1v) is 7.73. The van der Waals surface area contributed by atoms with Crippen LogP contribution >= 0.6 is 11.3 Å². The van der Waals surface area contributed by atoms with Gasteiger partial charge in [-0.05, 0) is 48.4 Å². The summed E-state index contributed by atoms with van der Waals surface area (Å²) in [5, 5.41) is 2.13. The molecule has 0 radical (unpaired) electrons. The van der Waals surface area contributed by atoms with Crippen LogP contribution in [-0.4, -0.2) is 7.11 Å². The highest BCUT2D eigenvalue weighted by Crippen LogP contribution is 2.30. The summed E-state index contributed by atoms with van der Waals surface area (Å²) in [4.78, 5) is 1.32. The average molecular weight is 290 g/mol. The van der Waals surface area contributed by atoms with Gasteiger partial charge in [-0.1, -0.05) is 24.6 Å². The van der Waals surface area contributed by atoms with Gasteiger partial charge in [0, 0.05) is 4.88 Å². The van der Waals surface area contributed by atoms with Gasteiger partial charge in [-0.15, -0.1) is 11.3 Å². The van der Waals surface area contributed by atoms with E-state index in [1.165, 1.54) is 21.6 Å². The molecule has 1 aromatic heterocycles. The van der Waals surface area contributed by atoms with Crippen LogP contribution < -0.4 is 16.0 Å². The molecule has 0 fully saturated rings. The molecule has 1 unspecified atom stereocenters. The predicted octanol–water partition coefficient (Wildman–Crippen LogP) is 3.37. The second kappa shape index (κ2) is 6.88. The van der Waals surface area contributed by atoms with Crippen molar-refractivity contribution in [1.82, 2.24) is 5.43 Å². The van der Waals surface area contributed by atoms with Gasteiger partial charge < -0.3 is 4.74 Å². The van der Waals surface area contributed by atoms with E-state index < -0.39 is 0 Å². The lowest BCUT2D eigenvalue weighted by molar-refractivity contribution is 0.405. The van der Waals surface area contributed by atoms with E-state index in [0.717, 1.165) is 18.6 Å². The van der Waals surface area contributed by atoms with Gasteiger partial charge in [-0.2, -0.15) is 0 Å². The summed E-state index contributed by atoms with van der Waals surface area (Å²) in [5.41, 5.74) is 6.74. The van der Waals surface area contributed by atoms with Crippen molar-refractivity contribution in [3.05, 3.63) is 51.2 Å². The third-order valence-corrected chi connectivity index (χ3v) is 4.61. The van der Waals surface area contributed by atoms with Gasteiger partial charge >= 0.3 is 0 Å². The van der Waals surface area contributed by atoms with Crippen LogP contribution in [0.4, 0.5) is 0 Å². The number of ether oxygens (including phenoxy) is 1. The molecular formula is C16H22N2OS. The molecule has 0 bridgehead atoms. The maximum Gasteiger partial charge on any atom is 0.122 e. The molecule has 1 atom stereocenters. The maximum absolute atomic E-state index is 5.78. The molecule has 4 heteroatoms. The fraction of sp³-hybridized carbons (Fsp3) is 0.375. The largest absolute Gasteiger partial charge is 0.496 e.